The zero-order chi connectivity index (χ0) is 14.7. The second-order valence-electron chi connectivity index (χ2n) is 3.87. The summed E-state index contributed by atoms with van der Waals surface area (Å²) in [6, 6.07) is 2.64. The quantitative estimate of drug-likeness (QED) is 0.688. The second kappa shape index (κ2) is 5.55. The van der Waals surface area contributed by atoms with Gasteiger partial charge in [-0.1, -0.05) is 0 Å². The van der Waals surface area contributed by atoms with Gasteiger partial charge in [-0.25, -0.2) is 18.7 Å². The van der Waals surface area contributed by atoms with Crippen molar-refractivity contribution in [3.63, 3.8) is 0 Å². The Bertz CT molecular complexity index is 644. The fourth-order valence-corrected chi connectivity index (χ4v) is 1.75. The normalized spacial score (nSPS) is 10.3. The largest absolute Gasteiger partial charge is 0.365 e. The zero-order valence-electron chi connectivity index (χ0n) is 10.4. The molecular formula is C12H10F2N4O2. The first-order valence-corrected chi connectivity index (χ1v) is 5.72. The summed E-state index contributed by atoms with van der Waals surface area (Å²) in [5, 5.41) is 13.9. The lowest BCUT2D eigenvalue weighted by molar-refractivity contribution is -0.383. The molecule has 1 aromatic heterocycles. The van der Waals surface area contributed by atoms with E-state index in [1.165, 1.54) is 0 Å². The standard InChI is InChI=1S/C12H10F2N4O2/c1-2-15-12-11(18(19)20)10(16-6-17-12)7-3-8(13)5-9(14)4-7/h3-6H,2H2,1H3,(H,15,16,17). The third-order valence-electron chi connectivity index (χ3n) is 2.49. The van der Waals surface area contributed by atoms with Gasteiger partial charge in [0.1, 0.15) is 18.0 Å². The molecule has 104 valence electrons. The Hall–Kier alpha value is -2.64. The van der Waals surface area contributed by atoms with Crippen LogP contribution in [-0.2, 0) is 0 Å². The van der Waals surface area contributed by atoms with Crippen LogP contribution in [0.1, 0.15) is 6.92 Å². The summed E-state index contributed by atoms with van der Waals surface area (Å²) in [5.41, 5.74) is -0.575. The van der Waals surface area contributed by atoms with Crippen molar-refractivity contribution in [3.8, 4) is 11.3 Å². The van der Waals surface area contributed by atoms with Gasteiger partial charge in [0.05, 0.1) is 4.92 Å². The highest BCUT2D eigenvalue weighted by Crippen LogP contribution is 2.33. The number of nitro groups is 1. The van der Waals surface area contributed by atoms with Crippen LogP contribution in [0.3, 0.4) is 0 Å². The van der Waals surface area contributed by atoms with Crippen molar-refractivity contribution >= 4 is 11.5 Å². The van der Waals surface area contributed by atoms with Crippen molar-refractivity contribution < 1.29 is 13.7 Å². The molecule has 1 aromatic carbocycles. The van der Waals surface area contributed by atoms with Gasteiger partial charge in [0, 0.05) is 18.2 Å². The van der Waals surface area contributed by atoms with Gasteiger partial charge in [-0.2, -0.15) is 0 Å². The number of nitrogens with one attached hydrogen (secondary N) is 1. The molecule has 0 aliphatic rings. The van der Waals surface area contributed by atoms with Crippen molar-refractivity contribution in [2.45, 2.75) is 6.92 Å². The third kappa shape index (κ3) is 2.68. The Morgan fingerprint density at radius 2 is 1.90 bits per heavy atom. The molecular weight excluding hydrogens is 270 g/mol. The fraction of sp³-hybridized carbons (Fsp3) is 0.167. The Labute approximate surface area is 112 Å². The van der Waals surface area contributed by atoms with Gasteiger partial charge in [-0.15, -0.1) is 0 Å². The first-order chi connectivity index (χ1) is 9.52. The Morgan fingerprint density at radius 1 is 1.25 bits per heavy atom. The predicted molar refractivity (Wildman–Crippen MR) is 68.2 cm³/mol. The smallest absolute Gasteiger partial charge is 0.337 e. The molecule has 2 aromatic rings. The Morgan fingerprint density at radius 3 is 2.45 bits per heavy atom. The molecule has 0 amide bonds. The summed E-state index contributed by atoms with van der Waals surface area (Å²) in [7, 11) is 0. The minimum absolute atomic E-state index is 0.00664. The van der Waals surface area contributed by atoms with Gasteiger partial charge < -0.3 is 5.32 Å². The van der Waals surface area contributed by atoms with Gasteiger partial charge in [0.2, 0.25) is 5.82 Å². The molecule has 1 N–H and O–H groups in total. The van der Waals surface area contributed by atoms with E-state index in [0.29, 0.717) is 12.6 Å². The number of rotatable bonds is 4. The van der Waals surface area contributed by atoms with Gasteiger partial charge >= 0.3 is 5.69 Å². The number of nitrogens with zero attached hydrogens (tertiary/aromatic N) is 3. The molecule has 0 spiro atoms. The molecule has 2 rings (SSSR count). The lowest BCUT2D eigenvalue weighted by atomic mass is 10.1. The van der Waals surface area contributed by atoms with Crippen LogP contribution in [0.5, 0.6) is 0 Å². The maximum absolute atomic E-state index is 13.2. The first-order valence-electron chi connectivity index (χ1n) is 5.72. The van der Waals surface area contributed by atoms with E-state index in [9.17, 15) is 18.9 Å². The molecule has 20 heavy (non-hydrogen) atoms. The monoisotopic (exact) mass is 280 g/mol. The third-order valence-corrected chi connectivity index (χ3v) is 2.49. The molecule has 0 saturated carbocycles. The fourth-order valence-electron chi connectivity index (χ4n) is 1.75. The van der Waals surface area contributed by atoms with Crippen molar-refractivity contribution in [2.24, 2.45) is 0 Å². The van der Waals surface area contributed by atoms with Gasteiger partial charge in [0.25, 0.3) is 0 Å². The maximum Gasteiger partial charge on any atom is 0.337 e. The molecule has 0 radical (unpaired) electrons. The van der Waals surface area contributed by atoms with Crippen molar-refractivity contribution in [2.75, 3.05) is 11.9 Å². The lowest BCUT2D eigenvalue weighted by Crippen LogP contribution is -2.06. The molecule has 0 aliphatic heterocycles. The van der Waals surface area contributed by atoms with E-state index in [2.05, 4.69) is 15.3 Å². The van der Waals surface area contributed by atoms with Crippen LogP contribution in [0, 0.1) is 21.7 Å². The van der Waals surface area contributed by atoms with Crippen LogP contribution in [0.25, 0.3) is 11.3 Å². The van der Waals surface area contributed by atoms with Gasteiger partial charge in [-0.05, 0) is 19.1 Å². The van der Waals surface area contributed by atoms with Crippen LogP contribution in [0.2, 0.25) is 0 Å². The summed E-state index contributed by atoms with van der Waals surface area (Å²) in [4.78, 5) is 18.0. The van der Waals surface area contributed by atoms with E-state index in [1.807, 2.05) is 0 Å². The number of anilines is 1. The number of hydrogen-bond donors (Lipinski definition) is 1. The van der Waals surface area contributed by atoms with Crippen molar-refractivity contribution in [3.05, 3.63) is 46.3 Å². The Balaban J connectivity index is 2.66. The van der Waals surface area contributed by atoms with E-state index < -0.39 is 22.2 Å². The van der Waals surface area contributed by atoms with E-state index in [0.717, 1.165) is 18.5 Å². The highest BCUT2D eigenvalue weighted by molar-refractivity contribution is 5.76. The van der Waals surface area contributed by atoms with E-state index in [4.69, 9.17) is 0 Å². The maximum atomic E-state index is 13.2. The summed E-state index contributed by atoms with van der Waals surface area (Å²) in [6.07, 6.45) is 1.10. The SMILES string of the molecule is CCNc1ncnc(-c2cc(F)cc(F)c2)c1[N+](=O)[O-]. The first kappa shape index (κ1) is 13.8. The zero-order valence-corrected chi connectivity index (χ0v) is 10.4. The highest BCUT2D eigenvalue weighted by atomic mass is 19.1. The molecule has 0 bridgehead atoms. The van der Waals surface area contributed by atoms with Crippen LogP contribution in [-0.4, -0.2) is 21.4 Å². The molecule has 6 nitrogen and oxygen atoms in total. The molecule has 0 fully saturated rings. The number of halogens is 2. The van der Waals surface area contributed by atoms with Crippen LogP contribution >= 0.6 is 0 Å². The van der Waals surface area contributed by atoms with Crippen molar-refractivity contribution in [1.82, 2.24) is 9.97 Å². The van der Waals surface area contributed by atoms with Gasteiger partial charge in [-0.3, -0.25) is 10.1 Å². The molecule has 8 heteroatoms. The van der Waals surface area contributed by atoms with Gasteiger partial charge in [0.15, 0.2) is 5.69 Å². The number of hydrogen-bond acceptors (Lipinski definition) is 5. The molecule has 0 unspecified atom stereocenters. The van der Waals surface area contributed by atoms with E-state index in [1.54, 1.807) is 6.92 Å². The van der Waals surface area contributed by atoms with Crippen LogP contribution in [0.15, 0.2) is 24.5 Å². The average molecular weight is 280 g/mol. The highest BCUT2D eigenvalue weighted by Gasteiger charge is 2.24. The van der Waals surface area contributed by atoms with E-state index >= 15 is 0 Å². The topological polar surface area (TPSA) is 81.0 Å². The van der Waals surface area contributed by atoms with Crippen LogP contribution in [0.4, 0.5) is 20.3 Å². The lowest BCUT2D eigenvalue weighted by Gasteiger charge is -2.07. The molecule has 0 saturated heterocycles. The van der Waals surface area contributed by atoms with E-state index in [-0.39, 0.29) is 17.1 Å². The minimum atomic E-state index is -0.835. The average Bonchev–Trinajstić information content (AvgIpc) is 2.37. The molecule has 0 aliphatic carbocycles. The molecule has 1 heterocycles. The summed E-state index contributed by atoms with van der Waals surface area (Å²) in [5.74, 6) is -1.66. The van der Waals surface area contributed by atoms with Crippen LogP contribution < -0.4 is 5.32 Å². The predicted octanol–water partition coefficient (Wildman–Crippen LogP) is 2.76. The molecule has 0 atom stereocenters. The van der Waals surface area contributed by atoms with Crippen molar-refractivity contribution in [1.29, 1.82) is 0 Å². The second-order valence-corrected chi connectivity index (χ2v) is 3.87. The number of benzene rings is 1. The summed E-state index contributed by atoms with van der Waals surface area (Å²) >= 11 is 0. The summed E-state index contributed by atoms with van der Waals surface area (Å²) in [6.45, 7) is 2.15. The summed E-state index contributed by atoms with van der Waals surface area (Å²) < 4.78 is 26.5. The Kier molecular flexibility index (Phi) is 3.83. The number of aromatic nitrogens is 2. The minimum Gasteiger partial charge on any atom is -0.365 e.